The number of carbonyl (C=O) groups is 1. The molecule has 2 aromatic carbocycles. The molecule has 3 aromatic rings. The first kappa shape index (κ1) is 22.6. The maximum atomic E-state index is 12.6. The number of benzene rings is 2. The number of hydrogen-bond acceptors (Lipinski definition) is 6. The van der Waals surface area contributed by atoms with Crippen LogP contribution in [0.25, 0.3) is 11.3 Å². The van der Waals surface area contributed by atoms with Crippen LogP contribution in [0.3, 0.4) is 0 Å². The number of para-hydroxylation sites is 1. The highest BCUT2D eigenvalue weighted by molar-refractivity contribution is 7.92. The van der Waals surface area contributed by atoms with Gasteiger partial charge in [-0.25, -0.2) is 13.4 Å². The summed E-state index contributed by atoms with van der Waals surface area (Å²) in [4.78, 5) is 16.8. The van der Waals surface area contributed by atoms with Crippen molar-refractivity contribution in [3.05, 3.63) is 59.5 Å². The molecule has 0 fully saturated rings. The summed E-state index contributed by atoms with van der Waals surface area (Å²) in [6, 6.07) is 12.3. The first-order valence-electron chi connectivity index (χ1n) is 9.19. The first-order valence-corrected chi connectivity index (χ1v) is 11.7. The van der Waals surface area contributed by atoms with Gasteiger partial charge in [0.25, 0.3) is 5.91 Å². The topological polar surface area (TPSA) is 97.4 Å². The maximum absolute atomic E-state index is 12.6. The lowest BCUT2D eigenvalue weighted by Gasteiger charge is -2.09. The summed E-state index contributed by atoms with van der Waals surface area (Å²) in [5, 5.41) is 4.49. The van der Waals surface area contributed by atoms with E-state index in [1.807, 2.05) is 0 Å². The van der Waals surface area contributed by atoms with Gasteiger partial charge in [0.05, 0.1) is 11.4 Å². The van der Waals surface area contributed by atoms with Crippen LogP contribution in [0.2, 0.25) is 0 Å². The van der Waals surface area contributed by atoms with Crippen molar-refractivity contribution in [2.24, 2.45) is 0 Å². The van der Waals surface area contributed by atoms with Crippen LogP contribution in [0.4, 0.5) is 19.6 Å². The van der Waals surface area contributed by atoms with Crippen LogP contribution in [0, 0.1) is 0 Å². The number of thiazole rings is 1. The number of amides is 1. The quantitative estimate of drug-likeness (QED) is 0.470. The molecule has 0 aliphatic carbocycles. The number of anilines is 2. The van der Waals surface area contributed by atoms with E-state index in [0.29, 0.717) is 17.7 Å². The van der Waals surface area contributed by atoms with Crippen molar-refractivity contribution in [1.29, 1.82) is 0 Å². The SMILES string of the molecule is CCCS(=O)(=O)Nc1cccc(C(=O)Nc2nc(-c3ccccc3OC(F)F)cs2)c1. The molecule has 0 saturated carbocycles. The molecule has 7 nitrogen and oxygen atoms in total. The third kappa shape index (κ3) is 6.22. The van der Waals surface area contributed by atoms with Gasteiger partial charge in [0.1, 0.15) is 5.75 Å². The Morgan fingerprint density at radius 3 is 2.71 bits per heavy atom. The third-order valence-electron chi connectivity index (χ3n) is 3.97. The van der Waals surface area contributed by atoms with E-state index in [2.05, 4.69) is 19.8 Å². The monoisotopic (exact) mass is 467 g/mol. The number of rotatable bonds is 9. The summed E-state index contributed by atoms with van der Waals surface area (Å²) < 4.78 is 56.0. The van der Waals surface area contributed by atoms with Gasteiger partial charge in [0.2, 0.25) is 10.0 Å². The fourth-order valence-electron chi connectivity index (χ4n) is 2.72. The van der Waals surface area contributed by atoms with Crippen LogP contribution in [-0.2, 0) is 10.0 Å². The number of nitrogens with zero attached hydrogens (tertiary/aromatic N) is 1. The normalized spacial score (nSPS) is 11.4. The minimum Gasteiger partial charge on any atom is -0.434 e. The summed E-state index contributed by atoms with van der Waals surface area (Å²) in [7, 11) is -3.48. The van der Waals surface area contributed by atoms with Crippen molar-refractivity contribution < 1.29 is 26.7 Å². The predicted molar refractivity (Wildman–Crippen MR) is 116 cm³/mol. The molecule has 0 saturated heterocycles. The largest absolute Gasteiger partial charge is 0.434 e. The molecule has 11 heteroatoms. The molecule has 3 rings (SSSR count). The van der Waals surface area contributed by atoms with E-state index in [9.17, 15) is 22.0 Å². The van der Waals surface area contributed by atoms with E-state index >= 15 is 0 Å². The molecule has 0 atom stereocenters. The summed E-state index contributed by atoms with van der Waals surface area (Å²) in [5.41, 5.74) is 1.25. The lowest BCUT2D eigenvalue weighted by molar-refractivity contribution is -0.0494. The number of alkyl halides is 2. The van der Waals surface area contributed by atoms with Gasteiger partial charge in [0.15, 0.2) is 5.13 Å². The molecule has 31 heavy (non-hydrogen) atoms. The zero-order valence-corrected chi connectivity index (χ0v) is 18.0. The van der Waals surface area contributed by atoms with E-state index in [0.717, 1.165) is 11.3 Å². The summed E-state index contributed by atoms with van der Waals surface area (Å²) in [6.07, 6.45) is 0.466. The van der Waals surface area contributed by atoms with Crippen LogP contribution >= 0.6 is 11.3 Å². The van der Waals surface area contributed by atoms with Gasteiger partial charge in [-0.2, -0.15) is 8.78 Å². The second-order valence-corrected chi connectivity index (χ2v) is 9.07. The summed E-state index contributed by atoms with van der Waals surface area (Å²) in [5.74, 6) is -0.537. The number of ether oxygens (including phenoxy) is 1. The molecule has 0 radical (unpaired) electrons. The third-order valence-corrected chi connectivity index (χ3v) is 6.22. The summed E-state index contributed by atoms with van der Waals surface area (Å²) in [6.45, 7) is -1.22. The highest BCUT2D eigenvalue weighted by atomic mass is 32.2. The second kappa shape index (κ2) is 9.84. The Balaban J connectivity index is 1.75. The smallest absolute Gasteiger partial charge is 0.387 e. The summed E-state index contributed by atoms with van der Waals surface area (Å²) >= 11 is 1.12. The number of sulfonamides is 1. The van der Waals surface area contributed by atoms with Crippen molar-refractivity contribution in [3.63, 3.8) is 0 Å². The van der Waals surface area contributed by atoms with Crippen molar-refractivity contribution in [2.75, 3.05) is 15.8 Å². The molecule has 2 N–H and O–H groups in total. The molecule has 1 aromatic heterocycles. The van der Waals surface area contributed by atoms with Gasteiger partial charge in [-0.05, 0) is 36.8 Å². The fourth-order valence-corrected chi connectivity index (χ4v) is 4.56. The number of nitrogens with one attached hydrogen (secondary N) is 2. The van der Waals surface area contributed by atoms with E-state index in [1.54, 1.807) is 42.6 Å². The Labute approximate surface area is 182 Å². The van der Waals surface area contributed by atoms with Gasteiger partial charge < -0.3 is 4.74 Å². The van der Waals surface area contributed by atoms with Crippen LogP contribution in [-0.4, -0.2) is 31.7 Å². The highest BCUT2D eigenvalue weighted by Gasteiger charge is 2.16. The molecule has 164 valence electrons. The molecule has 0 bridgehead atoms. The van der Waals surface area contributed by atoms with Gasteiger partial charge in [-0.15, -0.1) is 11.3 Å². The van der Waals surface area contributed by atoms with Crippen molar-refractivity contribution >= 4 is 38.1 Å². The molecule has 0 spiro atoms. The van der Waals surface area contributed by atoms with E-state index in [1.165, 1.54) is 18.2 Å². The predicted octanol–water partition coefficient (Wildman–Crippen LogP) is 4.82. The molecule has 0 aliphatic rings. The van der Waals surface area contributed by atoms with Gasteiger partial charge in [-0.1, -0.05) is 25.1 Å². The molecule has 1 heterocycles. The van der Waals surface area contributed by atoms with Gasteiger partial charge in [0, 0.05) is 22.2 Å². The standard InChI is InChI=1S/C20H19F2N3O4S2/c1-2-10-31(27,28)25-14-7-5-6-13(11-14)18(26)24-20-23-16(12-30-20)15-8-3-4-9-17(15)29-19(21)22/h3-9,11-12,19,25H,2,10H2,1H3,(H,23,24,26). The Kier molecular flexibility index (Phi) is 7.18. The molecule has 0 aliphatic heterocycles. The maximum Gasteiger partial charge on any atom is 0.387 e. The molecular formula is C20H19F2N3O4S2. The Hall–Kier alpha value is -3.05. The van der Waals surface area contributed by atoms with Crippen molar-refractivity contribution in [3.8, 4) is 17.0 Å². The average molecular weight is 468 g/mol. The zero-order valence-electron chi connectivity index (χ0n) is 16.3. The lowest BCUT2D eigenvalue weighted by atomic mass is 10.1. The Morgan fingerprint density at radius 1 is 1.19 bits per heavy atom. The Morgan fingerprint density at radius 2 is 1.97 bits per heavy atom. The van der Waals surface area contributed by atoms with Crippen molar-refractivity contribution in [2.45, 2.75) is 20.0 Å². The highest BCUT2D eigenvalue weighted by Crippen LogP contribution is 2.33. The zero-order chi connectivity index (χ0) is 22.4. The van der Waals surface area contributed by atoms with Gasteiger partial charge >= 0.3 is 6.61 Å². The number of hydrogen-bond donors (Lipinski definition) is 2. The molecule has 0 unspecified atom stereocenters. The van der Waals surface area contributed by atoms with Crippen LogP contribution in [0.15, 0.2) is 53.9 Å². The van der Waals surface area contributed by atoms with E-state index < -0.39 is 22.5 Å². The van der Waals surface area contributed by atoms with E-state index in [4.69, 9.17) is 0 Å². The minimum absolute atomic E-state index is 0.0206. The average Bonchev–Trinajstić information content (AvgIpc) is 3.16. The second-order valence-electron chi connectivity index (χ2n) is 6.37. The lowest BCUT2D eigenvalue weighted by Crippen LogP contribution is -2.17. The first-order chi connectivity index (χ1) is 14.8. The molecular weight excluding hydrogens is 448 g/mol. The van der Waals surface area contributed by atoms with Crippen LogP contribution in [0.1, 0.15) is 23.7 Å². The number of halogens is 2. The van der Waals surface area contributed by atoms with Crippen molar-refractivity contribution in [1.82, 2.24) is 4.98 Å². The number of aromatic nitrogens is 1. The number of carbonyl (C=O) groups excluding carboxylic acids is 1. The van der Waals surface area contributed by atoms with Gasteiger partial charge in [-0.3, -0.25) is 14.8 Å². The van der Waals surface area contributed by atoms with Crippen LogP contribution in [0.5, 0.6) is 5.75 Å². The minimum atomic E-state index is -3.48. The molecule has 1 amide bonds. The fraction of sp³-hybridized carbons (Fsp3) is 0.200. The van der Waals surface area contributed by atoms with Crippen LogP contribution < -0.4 is 14.8 Å². The van der Waals surface area contributed by atoms with E-state index in [-0.39, 0.29) is 27.9 Å². The Bertz CT molecular complexity index is 1170.